The second-order valence-corrected chi connectivity index (χ2v) is 31.7. The van der Waals surface area contributed by atoms with Crippen LogP contribution in [-0.4, -0.2) is 116 Å². The molecular weight excluding hydrogens is 1540 g/mol. The Bertz CT molecular complexity index is 4300. The molecule has 2 aromatic heterocycles. The molecule has 2 atom stereocenters. The maximum Gasteiger partial charge on any atom is 0.429 e. The number of nitrogens with zero attached hydrogens (tertiary/aromatic N) is 1. The normalized spacial score (nSPS) is 14.6. The third-order valence-corrected chi connectivity index (χ3v) is 18.9. The number of aromatic nitrogens is 2. The number of alkyl halides is 4. The molecule has 4 aromatic carbocycles. The highest BCUT2D eigenvalue weighted by Crippen LogP contribution is 2.42. The zero-order valence-corrected chi connectivity index (χ0v) is 63.1. The molecular formula is C71H80Cl4F4N4O22S2. The number of hydrogen-bond donors (Lipinski definition) is 1. The van der Waals surface area contributed by atoms with Crippen LogP contribution < -0.4 is 47.4 Å². The van der Waals surface area contributed by atoms with E-state index in [4.69, 9.17) is 89.0 Å². The van der Waals surface area contributed by atoms with E-state index >= 15 is 0 Å². The van der Waals surface area contributed by atoms with Crippen LogP contribution in [0, 0.1) is 23.7 Å². The molecule has 26 nitrogen and oxygen atoms in total. The molecule has 107 heavy (non-hydrogen) atoms. The van der Waals surface area contributed by atoms with Crippen molar-refractivity contribution < 1.29 is 131 Å². The molecule has 36 heteroatoms. The summed E-state index contributed by atoms with van der Waals surface area (Å²) in [5, 5.41) is 0.985. The van der Waals surface area contributed by atoms with Crippen LogP contribution in [0.5, 0.6) is 34.5 Å². The Labute approximate surface area is 634 Å². The van der Waals surface area contributed by atoms with E-state index in [9.17, 15) is 58.4 Å². The lowest BCUT2D eigenvalue weighted by Gasteiger charge is -2.27. The number of benzene rings is 4. The van der Waals surface area contributed by atoms with Crippen LogP contribution in [0.4, 0.5) is 33.7 Å². The first kappa shape index (κ1) is 85.9. The minimum atomic E-state index is -4.17. The van der Waals surface area contributed by atoms with Gasteiger partial charge in [-0.1, -0.05) is 70.7 Å². The number of halogens is 8. The first-order chi connectivity index (χ1) is 49.7. The molecule has 1 amide bonds. The third-order valence-electron chi connectivity index (χ3n) is 16.0. The maximum absolute atomic E-state index is 13.2. The molecule has 0 radical (unpaired) electrons. The maximum atomic E-state index is 13.2. The van der Waals surface area contributed by atoms with Crippen LogP contribution in [0.3, 0.4) is 0 Å². The average Bonchev–Trinajstić information content (AvgIpc) is 1.30. The fourth-order valence-electron chi connectivity index (χ4n) is 9.97. The van der Waals surface area contributed by atoms with E-state index in [0.29, 0.717) is 62.7 Å². The van der Waals surface area contributed by atoms with E-state index in [1.165, 1.54) is 85.5 Å². The Morgan fingerprint density at radius 1 is 0.514 bits per heavy atom. The predicted octanol–water partition coefficient (Wildman–Crippen LogP) is 13.6. The van der Waals surface area contributed by atoms with Crippen molar-refractivity contribution in [3.63, 3.8) is 0 Å². The Balaban J connectivity index is 0.000000295. The number of nitrogens with one attached hydrogen (secondary N) is 3. The van der Waals surface area contributed by atoms with E-state index in [1.807, 2.05) is 0 Å². The number of anilines is 2. The molecule has 0 unspecified atom stereocenters. The molecule has 10 rings (SSSR count). The van der Waals surface area contributed by atoms with Crippen molar-refractivity contribution in [3.8, 4) is 34.5 Å². The van der Waals surface area contributed by atoms with Gasteiger partial charge in [-0.25, -0.2) is 31.6 Å². The molecule has 0 spiro atoms. The van der Waals surface area contributed by atoms with E-state index in [1.54, 1.807) is 32.9 Å². The predicted molar refractivity (Wildman–Crippen MR) is 378 cm³/mol. The number of aromatic amines is 2. The van der Waals surface area contributed by atoms with Crippen LogP contribution in [0.25, 0.3) is 0 Å². The summed E-state index contributed by atoms with van der Waals surface area (Å²) in [5.41, 5.74) is 1.56. The monoisotopic (exact) mass is 1620 g/mol. The number of esters is 4. The van der Waals surface area contributed by atoms with Gasteiger partial charge in [-0.3, -0.25) is 23.9 Å². The molecule has 4 aliphatic rings. The van der Waals surface area contributed by atoms with Crippen molar-refractivity contribution in [2.75, 3.05) is 48.0 Å². The molecule has 4 fully saturated rings. The van der Waals surface area contributed by atoms with E-state index in [2.05, 4.69) is 24.2 Å². The summed E-state index contributed by atoms with van der Waals surface area (Å²) in [6, 6.07) is 17.2. The van der Waals surface area contributed by atoms with Crippen molar-refractivity contribution in [1.29, 1.82) is 0 Å². The lowest BCUT2D eigenvalue weighted by Crippen LogP contribution is -2.40. The van der Waals surface area contributed by atoms with Crippen LogP contribution in [0.15, 0.2) is 97.6 Å². The van der Waals surface area contributed by atoms with E-state index < -0.39 is 93.9 Å². The second kappa shape index (κ2) is 38.6. The van der Waals surface area contributed by atoms with Crippen molar-refractivity contribution in [2.24, 2.45) is 23.7 Å². The molecule has 0 aliphatic heterocycles. The van der Waals surface area contributed by atoms with Gasteiger partial charge in [-0.15, -0.1) is 0 Å². The molecule has 6 aromatic rings. The van der Waals surface area contributed by atoms with Crippen LogP contribution in [-0.2, 0) is 89.0 Å². The second-order valence-electron chi connectivity index (χ2n) is 26.5. The van der Waals surface area contributed by atoms with Gasteiger partial charge in [-0.05, 0) is 167 Å². The number of carbonyl (C=O) groups is 5. The van der Waals surface area contributed by atoms with Gasteiger partial charge in [0.25, 0.3) is 0 Å². The summed E-state index contributed by atoms with van der Waals surface area (Å²) in [4.78, 5) is 70.6. The van der Waals surface area contributed by atoms with Crippen molar-refractivity contribution in [2.45, 2.75) is 142 Å². The van der Waals surface area contributed by atoms with Gasteiger partial charge < -0.3 is 63.1 Å². The Kier molecular flexibility index (Phi) is 31.0. The number of amides is 1. The number of hydrogen-bond acceptors (Lipinski definition) is 22. The Morgan fingerprint density at radius 3 is 1.25 bits per heavy atom. The van der Waals surface area contributed by atoms with Crippen LogP contribution >= 0.6 is 46.4 Å². The first-order valence-corrected chi connectivity index (χ1v) is 38.5. The summed E-state index contributed by atoms with van der Waals surface area (Å²) >= 11 is 25.6. The highest BCUT2D eigenvalue weighted by Gasteiger charge is 2.35. The third kappa shape index (κ3) is 28.3. The van der Waals surface area contributed by atoms with Gasteiger partial charge in [0, 0.05) is 24.0 Å². The fourth-order valence-corrected chi connectivity index (χ4v) is 12.4. The topological polar surface area (TPSA) is 359 Å². The lowest BCUT2D eigenvalue weighted by atomic mass is 10.0. The summed E-state index contributed by atoms with van der Waals surface area (Å²) in [5.74, 6) is -2.47. The van der Waals surface area contributed by atoms with E-state index in [0.717, 1.165) is 63.9 Å². The molecule has 4 saturated carbocycles. The van der Waals surface area contributed by atoms with Crippen molar-refractivity contribution in [1.82, 2.24) is 0 Å². The van der Waals surface area contributed by atoms with Gasteiger partial charge in [0.2, 0.25) is 20.0 Å². The number of H-pyrrole nitrogens is 2. The highest BCUT2D eigenvalue weighted by molar-refractivity contribution is 7.92. The highest BCUT2D eigenvalue weighted by atomic mass is 35.5. The summed E-state index contributed by atoms with van der Waals surface area (Å²) in [6.45, 7) is -0.702. The summed E-state index contributed by atoms with van der Waals surface area (Å²) < 4.78 is 165. The lowest BCUT2D eigenvalue weighted by molar-refractivity contribution is -0.378. The quantitative estimate of drug-likeness (QED) is 0.0165. The Hall–Kier alpha value is -8.37. The SMILES string of the molecule is CC(C)(C)OC(=O)N(c1ccc(COC(=O)CC(=O)O[C@@H](Cc2c(Cl)c[nH+]cc2Cl)c2ccc(OC(F)F)c(OCC3CC3)c2)cc1OCC1CC1)S(C)(=O)=O.CS(=O)(=O)Nc1ccc(COC(=O)CC(=O)O[C@@H](Cc2c(Cl)c[nH+]cc2Cl)c2ccc(OC(F)F)c(OCC3CC3)c2)cc1OCC1CC1.[OH-].[OH-]. The molecule has 2 heterocycles. The number of rotatable bonds is 36. The number of sulfonamides is 2. The summed E-state index contributed by atoms with van der Waals surface area (Å²) in [6.07, 6.45) is 10.6. The Morgan fingerprint density at radius 2 is 0.888 bits per heavy atom. The zero-order valence-electron chi connectivity index (χ0n) is 58.4. The number of carbonyl (C=O) groups excluding carboxylic acids is 5. The number of pyridine rings is 2. The van der Waals surface area contributed by atoms with Crippen molar-refractivity contribution in [3.05, 3.63) is 151 Å². The van der Waals surface area contributed by atoms with Crippen LogP contribution in [0.2, 0.25) is 20.1 Å². The molecule has 584 valence electrons. The number of ether oxygens (including phenoxy) is 11. The molecule has 0 saturated heterocycles. The van der Waals surface area contributed by atoms with Gasteiger partial charge in [0.1, 0.15) is 81.1 Å². The van der Waals surface area contributed by atoms with Crippen molar-refractivity contribution >= 4 is 108 Å². The van der Waals surface area contributed by atoms with Gasteiger partial charge in [-0.2, -0.15) is 21.9 Å². The molecule has 4 aliphatic carbocycles. The minimum Gasteiger partial charge on any atom is -0.870 e. The van der Waals surface area contributed by atoms with Gasteiger partial charge in [0.05, 0.1) is 44.6 Å². The standard InChI is InChI=1S/C38H42Cl2F2N2O11S.C33H34Cl2F2N2O9S.2H2O/c1-38(2,3)55-37(47)44(56(4,48)49)29-11-9-24(13-32(29)50-19-22-5-6-22)21-52-34(45)16-35(46)53-31(15-26-27(39)17-43-18-28(26)40)25-10-12-30(54-36(41)42)33(14-25)51-20-23-7-8-23;1-49(42,43)39-26-8-6-21(10-29(26)44-16-19-2-3-19)18-46-31(40)13-32(41)47-28(12-23-24(34)14-38-15-25(23)35)22-7-9-27(48-33(36)37)30(11-22)45-17-20-4-5-20;;/h9-14,17-18,22-23,31,36H,5-8,15-16,19-21H2,1-4H3;6-11,14-15,19-20,28,33,39H,2-5,12-13,16-18H2,1H3;2*1H2/t31-;28-;;/m00../s1. The zero-order chi connectivity index (χ0) is 75.9. The molecule has 5 N–H and O–H groups in total. The van der Waals surface area contributed by atoms with E-state index in [-0.39, 0.29) is 128 Å². The average molecular weight is 1620 g/mol. The first-order valence-electron chi connectivity index (χ1n) is 33.2. The fraction of sp³-hybridized carbons (Fsp3) is 0.451. The smallest absolute Gasteiger partial charge is 0.429 e. The molecule has 0 bridgehead atoms. The largest absolute Gasteiger partial charge is 0.870 e. The van der Waals surface area contributed by atoms with Gasteiger partial charge >= 0.3 is 43.2 Å². The van der Waals surface area contributed by atoms with Gasteiger partial charge in [0.15, 0.2) is 47.8 Å². The van der Waals surface area contributed by atoms with Crippen LogP contribution in [0.1, 0.15) is 131 Å². The minimum absolute atomic E-state index is 0. The summed E-state index contributed by atoms with van der Waals surface area (Å²) in [7, 11) is -7.74.